The number of benzene rings is 1. The zero-order chi connectivity index (χ0) is 12.3. The van der Waals surface area contributed by atoms with Crippen molar-refractivity contribution in [2.45, 2.75) is 26.8 Å². The molecule has 1 rings (SSSR count). The van der Waals surface area contributed by atoms with E-state index in [2.05, 4.69) is 21.2 Å². The number of hydrogen-bond donors (Lipinski definition) is 2. The van der Waals surface area contributed by atoms with Crippen molar-refractivity contribution in [3.8, 4) is 0 Å². The highest BCUT2D eigenvalue weighted by atomic mass is 79.9. The Kier molecular flexibility index (Phi) is 6.75. The van der Waals surface area contributed by atoms with Crippen LogP contribution in [0.3, 0.4) is 0 Å². The summed E-state index contributed by atoms with van der Waals surface area (Å²) in [4.78, 5) is 11.8. The van der Waals surface area contributed by atoms with Crippen LogP contribution in [0.4, 0.5) is 5.69 Å². The maximum atomic E-state index is 11.8. The molecule has 1 amide bonds. The largest absolute Gasteiger partial charge is 0.327 e. The minimum absolute atomic E-state index is 0. The van der Waals surface area contributed by atoms with Crippen LogP contribution in [0.2, 0.25) is 0 Å². The monoisotopic (exact) mass is 320 g/mol. The molecule has 5 heteroatoms. The molecule has 0 aliphatic heterocycles. The van der Waals surface area contributed by atoms with Crippen LogP contribution in [0.1, 0.15) is 19.4 Å². The molecule has 0 saturated carbocycles. The molecule has 96 valence electrons. The van der Waals surface area contributed by atoms with Crippen molar-refractivity contribution in [1.29, 1.82) is 0 Å². The Morgan fingerprint density at radius 3 is 2.53 bits per heavy atom. The fraction of sp³-hybridized carbons (Fsp3) is 0.417. The predicted molar refractivity (Wildman–Crippen MR) is 77.6 cm³/mol. The SMILES string of the molecule is Cc1ccc(Br)cc1NC(=O)C(C)C(C)N.Cl. The molecule has 1 aromatic carbocycles. The summed E-state index contributed by atoms with van der Waals surface area (Å²) >= 11 is 3.38. The van der Waals surface area contributed by atoms with Gasteiger partial charge in [0.2, 0.25) is 5.91 Å². The first-order chi connectivity index (χ1) is 7.41. The van der Waals surface area contributed by atoms with Crippen molar-refractivity contribution in [3.05, 3.63) is 28.2 Å². The molecule has 0 aliphatic carbocycles. The van der Waals surface area contributed by atoms with Crippen molar-refractivity contribution in [2.75, 3.05) is 5.32 Å². The molecule has 0 radical (unpaired) electrons. The van der Waals surface area contributed by atoms with Gasteiger partial charge in [-0.1, -0.05) is 28.9 Å². The van der Waals surface area contributed by atoms with Crippen LogP contribution < -0.4 is 11.1 Å². The first-order valence-corrected chi connectivity index (χ1v) is 6.03. The summed E-state index contributed by atoms with van der Waals surface area (Å²) in [7, 11) is 0. The lowest BCUT2D eigenvalue weighted by molar-refractivity contribution is -0.119. The zero-order valence-electron chi connectivity index (χ0n) is 10.2. The Hall–Kier alpha value is -0.580. The molecular formula is C12H18BrClN2O. The zero-order valence-corrected chi connectivity index (χ0v) is 12.6. The van der Waals surface area contributed by atoms with E-state index in [0.717, 1.165) is 15.7 Å². The minimum atomic E-state index is -0.196. The maximum absolute atomic E-state index is 11.8. The summed E-state index contributed by atoms with van der Waals surface area (Å²) in [5, 5.41) is 2.88. The van der Waals surface area contributed by atoms with Gasteiger partial charge >= 0.3 is 0 Å². The van der Waals surface area contributed by atoms with Crippen LogP contribution in [0.15, 0.2) is 22.7 Å². The van der Waals surface area contributed by atoms with Gasteiger partial charge in [-0.2, -0.15) is 0 Å². The summed E-state index contributed by atoms with van der Waals surface area (Å²) < 4.78 is 0.946. The third kappa shape index (κ3) is 4.66. The first-order valence-electron chi connectivity index (χ1n) is 5.24. The highest BCUT2D eigenvalue weighted by Gasteiger charge is 2.17. The second-order valence-electron chi connectivity index (χ2n) is 4.10. The van der Waals surface area contributed by atoms with E-state index in [0.29, 0.717) is 0 Å². The number of amides is 1. The van der Waals surface area contributed by atoms with Crippen molar-refractivity contribution < 1.29 is 4.79 Å². The Balaban J connectivity index is 0.00000256. The Bertz CT molecular complexity index is 396. The van der Waals surface area contributed by atoms with Gasteiger partial charge in [0, 0.05) is 16.2 Å². The van der Waals surface area contributed by atoms with Crippen molar-refractivity contribution in [3.63, 3.8) is 0 Å². The van der Waals surface area contributed by atoms with E-state index >= 15 is 0 Å². The number of hydrogen-bond acceptors (Lipinski definition) is 2. The summed E-state index contributed by atoms with van der Waals surface area (Å²) in [6.07, 6.45) is 0. The molecule has 0 saturated heterocycles. The fourth-order valence-electron chi connectivity index (χ4n) is 1.21. The normalized spacial score (nSPS) is 13.5. The molecular weight excluding hydrogens is 304 g/mol. The highest BCUT2D eigenvalue weighted by Crippen LogP contribution is 2.21. The van der Waals surface area contributed by atoms with E-state index in [4.69, 9.17) is 5.73 Å². The van der Waals surface area contributed by atoms with Crippen LogP contribution in [-0.4, -0.2) is 11.9 Å². The molecule has 0 heterocycles. The molecule has 1 aromatic rings. The van der Waals surface area contributed by atoms with Crippen molar-refractivity contribution in [1.82, 2.24) is 0 Å². The summed E-state index contributed by atoms with van der Waals surface area (Å²) in [5.74, 6) is -0.241. The molecule has 3 N–H and O–H groups in total. The van der Waals surface area contributed by atoms with Crippen molar-refractivity contribution >= 4 is 39.9 Å². The van der Waals surface area contributed by atoms with Gasteiger partial charge in [-0.15, -0.1) is 12.4 Å². The summed E-state index contributed by atoms with van der Waals surface area (Å²) in [6, 6.07) is 5.64. The van der Waals surface area contributed by atoms with Crippen LogP contribution in [0.25, 0.3) is 0 Å². The van der Waals surface area contributed by atoms with E-state index in [-0.39, 0.29) is 30.3 Å². The van der Waals surface area contributed by atoms with Crippen molar-refractivity contribution in [2.24, 2.45) is 11.7 Å². The minimum Gasteiger partial charge on any atom is -0.327 e. The maximum Gasteiger partial charge on any atom is 0.228 e. The van der Waals surface area contributed by atoms with E-state index in [1.54, 1.807) is 0 Å². The van der Waals surface area contributed by atoms with Crippen LogP contribution in [-0.2, 0) is 4.79 Å². The number of halogens is 2. The number of nitrogens with one attached hydrogen (secondary N) is 1. The topological polar surface area (TPSA) is 55.1 Å². The van der Waals surface area contributed by atoms with E-state index in [1.807, 2.05) is 39.0 Å². The van der Waals surface area contributed by atoms with E-state index < -0.39 is 0 Å². The standard InChI is InChI=1S/C12H17BrN2O.ClH/c1-7-4-5-10(13)6-11(7)15-12(16)8(2)9(3)14;/h4-6,8-9H,14H2,1-3H3,(H,15,16);1H. The number of anilines is 1. The smallest absolute Gasteiger partial charge is 0.228 e. The van der Waals surface area contributed by atoms with Gasteiger partial charge < -0.3 is 11.1 Å². The van der Waals surface area contributed by atoms with Gasteiger partial charge in [0.15, 0.2) is 0 Å². The predicted octanol–water partition coefficient (Wildman–Crippen LogP) is 3.10. The number of carbonyl (C=O) groups is 1. The van der Waals surface area contributed by atoms with Gasteiger partial charge in [-0.05, 0) is 31.5 Å². The van der Waals surface area contributed by atoms with Crippen LogP contribution >= 0.6 is 28.3 Å². The molecule has 0 aliphatic rings. The van der Waals surface area contributed by atoms with Crippen LogP contribution in [0, 0.1) is 12.8 Å². The quantitative estimate of drug-likeness (QED) is 0.899. The third-order valence-electron chi connectivity index (χ3n) is 2.66. The third-order valence-corrected chi connectivity index (χ3v) is 3.15. The summed E-state index contributed by atoms with van der Waals surface area (Å²) in [6.45, 7) is 5.62. The highest BCUT2D eigenvalue weighted by molar-refractivity contribution is 9.10. The Labute approximate surface area is 117 Å². The first kappa shape index (κ1) is 16.4. The Morgan fingerprint density at radius 2 is 2.00 bits per heavy atom. The van der Waals surface area contributed by atoms with Crippen LogP contribution in [0.5, 0.6) is 0 Å². The second kappa shape index (κ2) is 6.99. The van der Waals surface area contributed by atoms with E-state index in [1.165, 1.54) is 0 Å². The number of nitrogens with two attached hydrogens (primary N) is 1. The number of carbonyl (C=O) groups excluding carboxylic acids is 1. The molecule has 0 bridgehead atoms. The fourth-order valence-corrected chi connectivity index (χ4v) is 1.58. The average Bonchev–Trinajstić information content (AvgIpc) is 2.22. The molecule has 2 atom stereocenters. The number of rotatable bonds is 3. The lowest BCUT2D eigenvalue weighted by Gasteiger charge is -2.16. The second-order valence-corrected chi connectivity index (χ2v) is 5.01. The Morgan fingerprint density at radius 1 is 1.41 bits per heavy atom. The van der Waals surface area contributed by atoms with Gasteiger partial charge in [0.1, 0.15) is 0 Å². The van der Waals surface area contributed by atoms with Gasteiger partial charge in [0.25, 0.3) is 0 Å². The van der Waals surface area contributed by atoms with Gasteiger partial charge in [-0.25, -0.2) is 0 Å². The average molecular weight is 322 g/mol. The molecule has 0 aromatic heterocycles. The summed E-state index contributed by atoms with van der Waals surface area (Å²) in [5.41, 5.74) is 7.55. The molecule has 2 unspecified atom stereocenters. The lowest BCUT2D eigenvalue weighted by Crippen LogP contribution is -2.34. The molecule has 17 heavy (non-hydrogen) atoms. The molecule has 0 spiro atoms. The van der Waals surface area contributed by atoms with E-state index in [9.17, 15) is 4.79 Å². The van der Waals surface area contributed by atoms with Gasteiger partial charge in [-0.3, -0.25) is 4.79 Å². The molecule has 3 nitrogen and oxygen atoms in total. The lowest BCUT2D eigenvalue weighted by atomic mass is 10.0. The van der Waals surface area contributed by atoms with Gasteiger partial charge in [0.05, 0.1) is 5.92 Å². The molecule has 0 fully saturated rings. The number of aryl methyl sites for hydroxylation is 1.